The Bertz CT molecular complexity index is 1060. The Morgan fingerprint density at radius 3 is 1.06 bits per heavy atom. The lowest BCUT2D eigenvalue weighted by molar-refractivity contribution is -0.143. The lowest BCUT2D eigenvalue weighted by Crippen LogP contribution is -2.45. The molecule has 3 N–H and O–H groups in total. The van der Waals surface area contributed by atoms with Gasteiger partial charge in [0.2, 0.25) is 5.91 Å². The summed E-state index contributed by atoms with van der Waals surface area (Å²) in [5, 5.41) is 23.1. The summed E-state index contributed by atoms with van der Waals surface area (Å²) in [6, 6.07) is -0.625. The fourth-order valence-electron chi connectivity index (χ4n) is 9.51. The first kappa shape index (κ1) is 66.3. The number of ether oxygens (including phenoxy) is 1. The Morgan fingerprint density at radius 1 is 0.397 bits per heavy atom. The van der Waals surface area contributed by atoms with Gasteiger partial charge in [-0.05, 0) is 57.8 Å². The summed E-state index contributed by atoms with van der Waals surface area (Å²) in [7, 11) is 0. The van der Waals surface area contributed by atoms with E-state index < -0.39 is 12.1 Å². The number of carbonyl (C=O) groups is 2. The summed E-state index contributed by atoms with van der Waals surface area (Å²) in [6.07, 6.45) is 70.8. The molecule has 0 aromatic heterocycles. The molecule has 0 saturated heterocycles. The van der Waals surface area contributed by atoms with E-state index in [0.29, 0.717) is 19.4 Å². The van der Waals surface area contributed by atoms with Gasteiger partial charge >= 0.3 is 5.97 Å². The van der Waals surface area contributed by atoms with Crippen molar-refractivity contribution in [1.29, 1.82) is 0 Å². The van der Waals surface area contributed by atoms with Crippen LogP contribution in [0.5, 0.6) is 0 Å². The lowest BCUT2D eigenvalue weighted by atomic mass is 10.0. The van der Waals surface area contributed by atoms with Crippen molar-refractivity contribution in [3.05, 3.63) is 24.3 Å². The third-order valence-electron chi connectivity index (χ3n) is 14.2. The summed E-state index contributed by atoms with van der Waals surface area (Å²) >= 11 is 0. The molecular formula is C62H119NO5. The van der Waals surface area contributed by atoms with Gasteiger partial charge in [-0.15, -0.1) is 0 Å². The molecule has 0 aliphatic rings. The zero-order chi connectivity index (χ0) is 49.3. The maximum atomic E-state index is 12.4. The molecule has 2 atom stereocenters. The molecule has 0 saturated carbocycles. The summed E-state index contributed by atoms with van der Waals surface area (Å²) in [5.74, 6) is -0.0587. The number of aliphatic hydroxyl groups is 2. The molecule has 0 aliphatic carbocycles. The Labute approximate surface area is 424 Å². The van der Waals surface area contributed by atoms with Gasteiger partial charge in [0.1, 0.15) is 0 Å². The molecule has 0 radical (unpaired) electrons. The molecule has 1 amide bonds. The number of unbranched alkanes of at least 4 members (excludes halogenated alkanes) is 44. The minimum absolute atomic E-state index is 0.00679. The molecule has 0 spiro atoms. The topological polar surface area (TPSA) is 95.9 Å². The number of allylic oxidation sites excluding steroid dienone is 3. The van der Waals surface area contributed by atoms with Gasteiger partial charge < -0.3 is 20.3 Å². The maximum absolute atomic E-state index is 12.4. The van der Waals surface area contributed by atoms with Gasteiger partial charge in [-0.1, -0.05) is 289 Å². The number of amides is 1. The highest BCUT2D eigenvalue weighted by Crippen LogP contribution is 2.18. The lowest BCUT2D eigenvalue weighted by Gasteiger charge is -2.20. The van der Waals surface area contributed by atoms with Crippen LogP contribution in [-0.4, -0.2) is 47.4 Å². The van der Waals surface area contributed by atoms with Gasteiger partial charge in [0.25, 0.3) is 0 Å². The van der Waals surface area contributed by atoms with Crippen LogP contribution >= 0.6 is 0 Å². The zero-order valence-electron chi connectivity index (χ0n) is 45.9. The number of nitrogens with one attached hydrogen (secondary N) is 1. The molecule has 0 heterocycles. The van der Waals surface area contributed by atoms with E-state index in [4.69, 9.17) is 4.74 Å². The normalized spacial score (nSPS) is 12.7. The van der Waals surface area contributed by atoms with Crippen molar-refractivity contribution in [2.24, 2.45) is 0 Å². The van der Waals surface area contributed by atoms with E-state index in [0.717, 1.165) is 44.9 Å². The van der Waals surface area contributed by atoms with Crippen LogP contribution in [0.3, 0.4) is 0 Å². The minimum atomic E-state index is -0.842. The second kappa shape index (κ2) is 57.9. The van der Waals surface area contributed by atoms with E-state index in [2.05, 4.69) is 31.3 Å². The van der Waals surface area contributed by atoms with E-state index in [1.165, 1.54) is 263 Å². The number of hydrogen-bond donors (Lipinski definition) is 3. The van der Waals surface area contributed by atoms with E-state index in [1.807, 2.05) is 6.08 Å². The van der Waals surface area contributed by atoms with E-state index in [1.54, 1.807) is 6.08 Å². The molecule has 68 heavy (non-hydrogen) atoms. The fraction of sp³-hybridized carbons (Fsp3) is 0.903. The van der Waals surface area contributed by atoms with E-state index in [-0.39, 0.29) is 18.5 Å². The molecule has 0 aromatic carbocycles. The van der Waals surface area contributed by atoms with Crippen molar-refractivity contribution >= 4 is 11.9 Å². The maximum Gasteiger partial charge on any atom is 0.305 e. The first-order valence-corrected chi connectivity index (χ1v) is 30.6. The summed E-state index contributed by atoms with van der Waals surface area (Å²) in [6.45, 7) is 4.90. The van der Waals surface area contributed by atoms with Gasteiger partial charge in [0.05, 0.1) is 25.4 Å². The first-order chi connectivity index (χ1) is 33.5. The summed E-state index contributed by atoms with van der Waals surface area (Å²) in [4.78, 5) is 24.5. The highest BCUT2D eigenvalue weighted by molar-refractivity contribution is 5.76. The first-order valence-electron chi connectivity index (χ1n) is 30.6. The monoisotopic (exact) mass is 958 g/mol. The molecule has 0 aromatic rings. The molecule has 402 valence electrons. The second-order valence-electron chi connectivity index (χ2n) is 21.0. The van der Waals surface area contributed by atoms with Crippen LogP contribution in [0.4, 0.5) is 0 Å². The van der Waals surface area contributed by atoms with E-state index >= 15 is 0 Å². The van der Waals surface area contributed by atoms with Crippen LogP contribution in [0.15, 0.2) is 24.3 Å². The SMILES string of the molecule is CCCCCC/C=C\CCCCCCCC(=O)OCCCCCCCCCCCCCCCCCCCCCCCCCCCC(=O)NC(CO)C(O)/C=C/CCCCCCCCCCCCC. The van der Waals surface area contributed by atoms with Gasteiger partial charge in [0, 0.05) is 12.8 Å². The average molecular weight is 959 g/mol. The van der Waals surface area contributed by atoms with Gasteiger partial charge in [-0.2, -0.15) is 0 Å². The van der Waals surface area contributed by atoms with Crippen molar-refractivity contribution in [3.63, 3.8) is 0 Å². The number of aliphatic hydroxyl groups excluding tert-OH is 2. The quantitative estimate of drug-likeness (QED) is 0.0321. The van der Waals surface area contributed by atoms with Crippen molar-refractivity contribution in [2.45, 2.75) is 347 Å². The number of hydrogen-bond acceptors (Lipinski definition) is 5. The van der Waals surface area contributed by atoms with Crippen molar-refractivity contribution in [3.8, 4) is 0 Å². The van der Waals surface area contributed by atoms with Crippen LogP contribution < -0.4 is 5.32 Å². The minimum Gasteiger partial charge on any atom is -0.466 e. The predicted octanol–water partition coefficient (Wildman–Crippen LogP) is 19.0. The largest absolute Gasteiger partial charge is 0.466 e. The molecule has 0 bridgehead atoms. The Balaban J connectivity index is 3.37. The van der Waals surface area contributed by atoms with Crippen molar-refractivity contribution in [2.75, 3.05) is 13.2 Å². The number of carbonyl (C=O) groups excluding carboxylic acids is 2. The van der Waals surface area contributed by atoms with Gasteiger partial charge in [0.15, 0.2) is 0 Å². The van der Waals surface area contributed by atoms with Gasteiger partial charge in [-0.3, -0.25) is 9.59 Å². The van der Waals surface area contributed by atoms with E-state index in [9.17, 15) is 19.8 Å². The predicted molar refractivity (Wildman–Crippen MR) is 296 cm³/mol. The smallest absolute Gasteiger partial charge is 0.305 e. The summed E-state index contributed by atoms with van der Waals surface area (Å²) in [5.41, 5.74) is 0. The van der Waals surface area contributed by atoms with Crippen LogP contribution in [0, 0.1) is 0 Å². The molecule has 2 unspecified atom stereocenters. The Morgan fingerprint density at radius 2 is 0.691 bits per heavy atom. The number of rotatable bonds is 57. The molecule has 0 aliphatic heterocycles. The zero-order valence-corrected chi connectivity index (χ0v) is 45.9. The standard InChI is InChI=1S/C62H119NO5/c1-3-5-7-9-11-13-15-30-34-38-42-46-50-54-60(65)59(58-64)63-61(66)55-51-47-43-39-35-32-28-26-24-22-20-18-17-19-21-23-25-27-29-33-37-41-45-49-53-57-68-62(67)56-52-48-44-40-36-31-16-14-12-10-8-6-4-2/h14,16,50,54,59-60,64-65H,3-13,15,17-49,51-53,55-58H2,1-2H3,(H,63,66)/b16-14-,54-50+. The van der Waals surface area contributed by atoms with Crippen molar-refractivity contribution in [1.82, 2.24) is 5.32 Å². The third-order valence-corrected chi connectivity index (χ3v) is 14.2. The van der Waals surface area contributed by atoms with Crippen LogP contribution in [0.2, 0.25) is 0 Å². The van der Waals surface area contributed by atoms with Crippen LogP contribution in [-0.2, 0) is 14.3 Å². The van der Waals surface area contributed by atoms with Crippen LogP contribution in [0.25, 0.3) is 0 Å². The fourth-order valence-corrected chi connectivity index (χ4v) is 9.51. The average Bonchev–Trinajstić information content (AvgIpc) is 3.34. The molecular weight excluding hydrogens is 839 g/mol. The summed E-state index contributed by atoms with van der Waals surface area (Å²) < 4.78 is 5.47. The Hall–Kier alpha value is -1.66. The van der Waals surface area contributed by atoms with Crippen molar-refractivity contribution < 1.29 is 24.5 Å². The molecule has 6 nitrogen and oxygen atoms in total. The highest BCUT2D eigenvalue weighted by atomic mass is 16.5. The van der Waals surface area contributed by atoms with Crippen LogP contribution in [0.1, 0.15) is 335 Å². The second-order valence-corrected chi connectivity index (χ2v) is 21.0. The Kier molecular flexibility index (Phi) is 56.5. The number of esters is 1. The molecule has 0 fully saturated rings. The third kappa shape index (κ3) is 53.7. The van der Waals surface area contributed by atoms with Gasteiger partial charge in [-0.25, -0.2) is 0 Å². The highest BCUT2D eigenvalue weighted by Gasteiger charge is 2.18. The molecule has 6 heteroatoms. The molecule has 0 rings (SSSR count).